The van der Waals surface area contributed by atoms with Gasteiger partial charge in [-0.15, -0.1) is 0 Å². The second-order valence-electron chi connectivity index (χ2n) is 3.95. The molecule has 3 heteroatoms. The van der Waals surface area contributed by atoms with Crippen LogP contribution in [0.4, 0.5) is 10.1 Å². The highest BCUT2D eigenvalue weighted by molar-refractivity contribution is 5.96. The lowest BCUT2D eigenvalue weighted by Crippen LogP contribution is -2.10. The van der Waals surface area contributed by atoms with Crippen LogP contribution in [0.15, 0.2) is 54.6 Å². The number of rotatable bonds is 5. The third-order valence-corrected chi connectivity index (χ3v) is 2.63. The molecule has 0 unspecified atom stereocenters. The van der Waals surface area contributed by atoms with E-state index in [0.29, 0.717) is 6.54 Å². The Labute approximate surface area is 105 Å². The van der Waals surface area contributed by atoms with E-state index in [2.05, 4.69) is 5.32 Å². The predicted molar refractivity (Wildman–Crippen MR) is 70.3 cm³/mol. The van der Waals surface area contributed by atoms with Crippen molar-refractivity contribution in [1.82, 2.24) is 0 Å². The molecule has 0 atom stereocenters. The molecule has 2 aromatic rings. The monoisotopic (exact) mass is 243 g/mol. The van der Waals surface area contributed by atoms with Crippen molar-refractivity contribution in [3.63, 3.8) is 0 Å². The maximum atomic E-state index is 13.3. The van der Waals surface area contributed by atoms with Crippen molar-refractivity contribution >= 4 is 11.5 Å². The zero-order chi connectivity index (χ0) is 12.8. The highest BCUT2D eigenvalue weighted by Gasteiger charge is 2.09. The summed E-state index contributed by atoms with van der Waals surface area (Å²) in [6, 6.07) is 15.7. The Bertz CT molecular complexity index is 525. The van der Waals surface area contributed by atoms with Crippen LogP contribution in [-0.4, -0.2) is 12.3 Å². The molecule has 0 aromatic heterocycles. The van der Waals surface area contributed by atoms with Crippen molar-refractivity contribution in [2.24, 2.45) is 0 Å². The molecule has 0 aliphatic carbocycles. The quantitative estimate of drug-likeness (QED) is 0.814. The van der Waals surface area contributed by atoms with Gasteiger partial charge in [0, 0.05) is 18.7 Å². The summed E-state index contributed by atoms with van der Waals surface area (Å²) in [5.41, 5.74) is 1.12. The molecule has 0 saturated heterocycles. The molecule has 0 amide bonds. The van der Waals surface area contributed by atoms with Gasteiger partial charge in [0.1, 0.15) is 5.82 Å². The summed E-state index contributed by atoms with van der Waals surface area (Å²) in [6.07, 6.45) is 0.274. The van der Waals surface area contributed by atoms with Crippen molar-refractivity contribution in [1.29, 1.82) is 0 Å². The third-order valence-electron chi connectivity index (χ3n) is 2.63. The largest absolute Gasteiger partial charge is 0.385 e. The first-order chi connectivity index (χ1) is 8.77. The number of hydrogen-bond acceptors (Lipinski definition) is 2. The van der Waals surface area contributed by atoms with Crippen LogP contribution < -0.4 is 5.32 Å². The number of carbonyl (C=O) groups is 1. The minimum atomic E-state index is -0.456. The summed E-state index contributed by atoms with van der Waals surface area (Å²) in [6.45, 7) is 0.497. The Morgan fingerprint density at radius 3 is 2.39 bits per heavy atom. The van der Waals surface area contributed by atoms with Gasteiger partial charge in [-0.2, -0.15) is 0 Å². The number of benzene rings is 2. The van der Waals surface area contributed by atoms with Crippen LogP contribution in [0, 0.1) is 5.82 Å². The molecule has 0 spiro atoms. The number of anilines is 1. The standard InChI is InChI=1S/C15H14FNO/c16-14-9-5-4-8-13(14)15(18)10-11-17-12-6-2-1-3-7-12/h1-9,17H,10-11H2. The molecule has 2 aromatic carbocycles. The van der Waals surface area contributed by atoms with Gasteiger partial charge in [0.25, 0.3) is 0 Å². The summed E-state index contributed by atoms with van der Waals surface area (Å²) in [4.78, 5) is 11.8. The fourth-order valence-corrected chi connectivity index (χ4v) is 1.70. The number of para-hydroxylation sites is 1. The van der Waals surface area contributed by atoms with E-state index in [1.165, 1.54) is 12.1 Å². The van der Waals surface area contributed by atoms with Crippen molar-refractivity contribution in [2.45, 2.75) is 6.42 Å². The van der Waals surface area contributed by atoms with Gasteiger partial charge in [-0.3, -0.25) is 4.79 Å². The fourth-order valence-electron chi connectivity index (χ4n) is 1.70. The van der Waals surface area contributed by atoms with Crippen molar-refractivity contribution in [2.75, 3.05) is 11.9 Å². The third kappa shape index (κ3) is 3.17. The van der Waals surface area contributed by atoms with E-state index >= 15 is 0 Å². The van der Waals surface area contributed by atoms with Crippen LogP contribution in [0.25, 0.3) is 0 Å². The SMILES string of the molecule is O=C(CCNc1ccccc1)c1ccccc1F. The molecule has 1 N–H and O–H groups in total. The molecular weight excluding hydrogens is 229 g/mol. The predicted octanol–water partition coefficient (Wildman–Crippen LogP) is 3.51. The van der Waals surface area contributed by atoms with Gasteiger partial charge in [0.2, 0.25) is 0 Å². The summed E-state index contributed by atoms with van der Waals surface area (Å²) in [7, 11) is 0. The maximum Gasteiger partial charge on any atom is 0.167 e. The first-order valence-electron chi connectivity index (χ1n) is 5.84. The Hall–Kier alpha value is -2.16. The molecule has 0 aliphatic heterocycles. The van der Waals surface area contributed by atoms with Gasteiger partial charge in [-0.1, -0.05) is 30.3 Å². The molecule has 0 heterocycles. The number of ketones is 1. The first-order valence-corrected chi connectivity index (χ1v) is 5.84. The van der Waals surface area contributed by atoms with E-state index in [0.717, 1.165) is 5.69 Å². The Morgan fingerprint density at radius 1 is 1.00 bits per heavy atom. The highest BCUT2D eigenvalue weighted by Crippen LogP contribution is 2.10. The molecule has 0 radical (unpaired) electrons. The van der Waals surface area contributed by atoms with Gasteiger partial charge in [-0.05, 0) is 24.3 Å². The second kappa shape index (κ2) is 5.96. The van der Waals surface area contributed by atoms with Gasteiger partial charge in [0.05, 0.1) is 5.56 Å². The molecule has 0 saturated carbocycles. The zero-order valence-electron chi connectivity index (χ0n) is 9.90. The van der Waals surface area contributed by atoms with E-state index < -0.39 is 5.82 Å². The van der Waals surface area contributed by atoms with Crippen molar-refractivity contribution < 1.29 is 9.18 Å². The Kier molecular flexibility index (Phi) is 4.07. The summed E-state index contributed by atoms with van der Waals surface area (Å²) >= 11 is 0. The van der Waals surface area contributed by atoms with Crippen LogP contribution >= 0.6 is 0 Å². The number of halogens is 1. The number of Topliss-reactive ketones (excluding diaryl/α,β-unsaturated/α-hetero) is 1. The first kappa shape index (κ1) is 12.3. The van der Waals surface area contributed by atoms with Gasteiger partial charge in [-0.25, -0.2) is 4.39 Å². The average Bonchev–Trinajstić information content (AvgIpc) is 2.40. The zero-order valence-corrected chi connectivity index (χ0v) is 9.90. The van der Waals surface area contributed by atoms with Crippen LogP contribution in [0.2, 0.25) is 0 Å². The van der Waals surface area contributed by atoms with Crippen molar-refractivity contribution in [3.8, 4) is 0 Å². The molecule has 92 valence electrons. The molecule has 18 heavy (non-hydrogen) atoms. The van der Waals surface area contributed by atoms with E-state index in [4.69, 9.17) is 0 Å². The number of hydrogen-bond donors (Lipinski definition) is 1. The van der Waals surface area contributed by atoms with E-state index in [1.54, 1.807) is 12.1 Å². The lowest BCUT2D eigenvalue weighted by Gasteiger charge is -2.06. The minimum absolute atomic E-state index is 0.160. The maximum absolute atomic E-state index is 13.3. The van der Waals surface area contributed by atoms with Gasteiger partial charge >= 0.3 is 0 Å². The Balaban J connectivity index is 1.88. The lowest BCUT2D eigenvalue weighted by molar-refractivity contribution is 0.0982. The number of nitrogens with one attached hydrogen (secondary N) is 1. The van der Waals surface area contributed by atoms with Crippen LogP contribution in [0.1, 0.15) is 16.8 Å². The van der Waals surface area contributed by atoms with Crippen LogP contribution in [-0.2, 0) is 0 Å². The highest BCUT2D eigenvalue weighted by atomic mass is 19.1. The second-order valence-corrected chi connectivity index (χ2v) is 3.95. The van der Waals surface area contributed by atoms with E-state index in [1.807, 2.05) is 30.3 Å². The van der Waals surface area contributed by atoms with E-state index in [-0.39, 0.29) is 17.8 Å². The van der Waals surface area contributed by atoms with Crippen LogP contribution in [0.3, 0.4) is 0 Å². The molecule has 2 nitrogen and oxygen atoms in total. The molecule has 0 bridgehead atoms. The van der Waals surface area contributed by atoms with Gasteiger partial charge in [0.15, 0.2) is 5.78 Å². The summed E-state index contributed by atoms with van der Waals surface area (Å²) in [5.74, 6) is -0.640. The smallest absolute Gasteiger partial charge is 0.167 e. The molecule has 0 fully saturated rings. The van der Waals surface area contributed by atoms with Gasteiger partial charge < -0.3 is 5.32 Å². The molecule has 0 aliphatic rings. The van der Waals surface area contributed by atoms with Crippen LogP contribution in [0.5, 0.6) is 0 Å². The average molecular weight is 243 g/mol. The normalized spacial score (nSPS) is 10.1. The summed E-state index contributed by atoms with van der Waals surface area (Å²) in [5, 5.41) is 3.12. The van der Waals surface area contributed by atoms with Crippen molar-refractivity contribution in [3.05, 3.63) is 66.0 Å². The number of carbonyl (C=O) groups excluding carboxylic acids is 1. The summed E-state index contributed by atoms with van der Waals surface area (Å²) < 4.78 is 13.3. The van der Waals surface area contributed by atoms with E-state index in [9.17, 15) is 9.18 Å². The fraction of sp³-hybridized carbons (Fsp3) is 0.133. The lowest BCUT2D eigenvalue weighted by atomic mass is 10.1. The molecular formula is C15H14FNO. The molecule has 2 rings (SSSR count). The minimum Gasteiger partial charge on any atom is -0.385 e. The Morgan fingerprint density at radius 2 is 1.67 bits per heavy atom. The topological polar surface area (TPSA) is 29.1 Å².